The number of nitrogens with one attached hydrogen (secondary N) is 1. The fourth-order valence-electron chi connectivity index (χ4n) is 4.39. The predicted molar refractivity (Wildman–Crippen MR) is 120 cm³/mol. The molecule has 182 valence electrons. The Hall–Kier alpha value is -1.86. The number of sulfonamides is 1. The van der Waals surface area contributed by atoms with Crippen molar-refractivity contribution in [1.82, 2.24) is 24.7 Å². The van der Waals surface area contributed by atoms with Gasteiger partial charge in [0.25, 0.3) is 0 Å². The van der Waals surface area contributed by atoms with Gasteiger partial charge in [0.2, 0.25) is 16.0 Å². The van der Waals surface area contributed by atoms with Crippen LogP contribution in [0.2, 0.25) is 5.02 Å². The molecule has 0 amide bonds. The number of nitrogens with zero attached hydrogens (tertiary/aromatic N) is 5. The number of ether oxygens (including phenoxy) is 2. The largest absolute Gasteiger partial charge is 0.396 e. The Bertz CT molecular complexity index is 1070. The molecule has 2 unspecified atom stereocenters. The first-order valence-electron chi connectivity index (χ1n) is 10.8. The van der Waals surface area contributed by atoms with Gasteiger partial charge in [-0.25, -0.2) is 18.4 Å². The van der Waals surface area contributed by atoms with E-state index in [2.05, 4.69) is 24.9 Å². The van der Waals surface area contributed by atoms with Crippen molar-refractivity contribution < 1.29 is 23.0 Å². The second kappa shape index (κ2) is 9.41. The first-order chi connectivity index (χ1) is 15.7. The second-order valence-electron chi connectivity index (χ2n) is 8.86. The minimum absolute atomic E-state index is 0.119. The smallest absolute Gasteiger partial charge is 0.240 e. The lowest BCUT2D eigenvalue weighted by Gasteiger charge is -2.35. The summed E-state index contributed by atoms with van der Waals surface area (Å²) in [6.45, 7) is 2.09. The zero-order valence-corrected chi connectivity index (χ0v) is 20.4. The van der Waals surface area contributed by atoms with E-state index in [1.807, 2.05) is 4.57 Å². The Morgan fingerprint density at radius 3 is 2.48 bits per heavy atom. The van der Waals surface area contributed by atoms with Crippen LogP contribution in [0, 0.1) is 5.92 Å². The summed E-state index contributed by atoms with van der Waals surface area (Å²) >= 11 is 5.85. The minimum atomic E-state index is -3.96. The van der Waals surface area contributed by atoms with Crippen LogP contribution in [0.15, 0.2) is 12.4 Å². The van der Waals surface area contributed by atoms with Crippen molar-refractivity contribution in [3.8, 4) is 0 Å². The van der Waals surface area contributed by atoms with Gasteiger partial charge in [0.1, 0.15) is 17.2 Å². The highest BCUT2D eigenvalue weighted by Crippen LogP contribution is 2.50. The molecule has 0 saturated heterocycles. The molecular weight excluding hydrogens is 472 g/mol. The fourth-order valence-corrected chi connectivity index (χ4v) is 5.62. The third-order valence-corrected chi connectivity index (χ3v) is 8.45. The van der Waals surface area contributed by atoms with E-state index in [0.717, 1.165) is 31.5 Å². The van der Waals surface area contributed by atoms with Gasteiger partial charge in [-0.1, -0.05) is 11.6 Å². The molecule has 2 aliphatic carbocycles. The van der Waals surface area contributed by atoms with E-state index in [1.165, 1.54) is 26.4 Å². The van der Waals surface area contributed by atoms with Crippen LogP contribution in [0.1, 0.15) is 56.3 Å². The third kappa shape index (κ3) is 4.72. The van der Waals surface area contributed by atoms with Crippen molar-refractivity contribution in [2.75, 3.05) is 32.2 Å². The Morgan fingerprint density at radius 2 is 1.94 bits per heavy atom. The van der Waals surface area contributed by atoms with Gasteiger partial charge in [-0.2, -0.15) is 0 Å². The van der Waals surface area contributed by atoms with Gasteiger partial charge in [0.15, 0.2) is 5.82 Å². The molecular formula is C20H29ClN6O5S. The first-order valence-corrected chi connectivity index (χ1v) is 12.7. The maximum absolute atomic E-state index is 13.3. The number of methoxy groups -OCH3 is 2. The van der Waals surface area contributed by atoms with Crippen molar-refractivity contribution in [1.29, 1.82) is 0 Å². The monoisotopic (exact) mass is 500 g/mol. The summed E-state index contributed by atoms with van der Waals surface area (Å²) in [5.74, 6) is 1.45. The normalized spacial score (nSPS) is 23.5. The van der Waals surface area contributed by atoms with E-state index in [0.29, 0.717) is 11.6 Å². The maximum Gasteiger partial charge on any atom is 0.240 e. The van der Waals surface area contributed by atoms with Crippen LogP contribution >= 0.6 is 11.6 Å². The molecule has 0 aliphatic heterocycles. The zero-order chi connectivity index (χ0) is 23.8. The van der Waals surface area contributed by atoms with E-state index in [-0.39, 0.29) is 35.8 Å². The average molecular weight is 501 g/mol. The molecule has 0 spiro atoms. The standard InChI is InChI=1S/C20H29ClN6O5S/c1-12(16(32-3)17-22-8-15(21)9-23-17)33(29,30)26-19-25-24-18(14-6-13(7-14)10-28)27(19)20(4-5-20)11-31-2/h8-9,12-14,16,28H,4-7,10-11H2,1-3H3,(H,25,26)/t12?,13-,14+,16?. The van der Waals surface area contributed by atoms with Crippen LogP contribution in [0.3, 0.4) is 0 Å². The summed E-state index contributed by atoms with van der Waals surface area (Å²) in [6.07, 6.45) is 5.14. The molecule has 33 heavy (non-hydrogen) atoms. The van der Waals surface area contributed by atoms with Crippen LogP contribution < -0.4 is 4.72 Å². The van der Waals surface area contributed by atoms with Gasteiger partial charge in [-0.05, 0) is 38.5 Å². The van der Waals surface area contributed by atoms with Gasteiger partial charge >= 0.3 is 0 Å². The SMILES string of the molecule is COCC1(n2c(NS(=O)(=O)C(C)C(OC)c3ncc(Cl)cn3)nnc2[C@H]2C[C@@H](CO)C2)CC1. The van der Waals surface area contributed by atoms with Crippen molar-refractivity contribution >= 4 is 27.6 Å². The van der Waals surface area contributed by atoms with Crippen LogP contribution in [-0.2, 0) is 25.0 Å². The van der Waals surface area contributed by atoms with E-state index in [9.17, 15) is 13.5 Å². The average Bonchev–Trinajstić information content (AvgIpc) is 3.41. The number of rotatable bonds is 11. The van der Waals surface area contributed by atoms with E-state index < -0.39 is 21.4 Å². The van der Waals surface area contributed by atoms with Gasteiger partial charge in [-0.15, -0.1) is 10.2 Å². The lowest BCUT2D eigenvalue weighted by Crippen LogP contribution is -2.36. The summed E-state index contributed by atoms with van der Waals surface area (Å²) in [5.41, 5.74) is -0.376. The maximum atomic E-state index is 13.3. The predicted octanol–water partition coefficient (Wildman–Crippen LogP) is 1.86. The summed E-state index contributed by atoms with van der Waals surface area (Å²) in [5, 5.41) is 17.3. The van der Waals surface area contributed by atoms with Gasteiger partial charge < -0.3 is 14.6 Å². The first kappa shape index (κ1) is 24.3. The summed E-state index contributed by atoms with van der Waals surface area (Å²) < 4.78 is 42.1. The Labute approximate surface area is 197 Å². The third-order valence-electron chi connectivity index (χ3n) is 6.56. The number of halogens is 1. The molecule has 2 fully saturated rings. The topological polar surface area (TPSA) is 141 Å². The van der Waals surface area contributed by atoms with E-state index in [4.69, 9.17) is 21.1 Å². The molecule has 2 aromatic rings. The van der Waals surface area contributed by atoms with Crippen molar-refractivity contribution in [2.24, 2.45) is 5.92 Å². The molecule has 2 aliphatic rings. The molecule has 0 aromatic carbocycles. The molecule has 11 nitrogen and oxygen atoms in total. The molecule has 2 aromatic heterocycles. The number of anilines is 1. The highest BCUT2D eigenvalue weighted by molar-refractivity contribution is 7.93. The lowest BCUT2D eigenvalue weighted by atomic mass is 9.75. The van der Waals surface area contributed by atoms with Gasteiger partial charge in [-0.3, -0.25) is 9.29 Å². The molecule has 2 N–H and O–H groups in total. The van der Waals surface area contributed by atoms with Crippen LogP contribution in [0.4, 0.5) is 5.95 Å². The van der Waals surface area contributed by atoms with Crippen LogP contribution in [0.25, 0.3) is 0 Å². The summed E-state index contributed by atoms with van der Waals surface area (Å²) in [7, 11) is -0.936. The van der Waals surface area contributed by atoms with Crippen LogP contribution in [0.5, 0.6) is 0 Å². The van der Waals surface area contributed by atoms with Crippen LogP contribution in [-0.4, -0.2) is 70.9 Å². The molecule has 0 radical (unpaired) electrons. The second-order valence-corrected chi connectivity index (χ2v) is 11.3. The van der Waals surface area contributed by atoms with Crippen molar-refractivity contribution in [3.05, 3.63) is 29.1 Å². The Morgan fingerprint density at radius 1 is 1.27 bits per heavy atom. The molecule has 2 heterocycles. The quantitative estimate of drug-likeness (QED) is 0.472. The van der Waals surface area contributed by atoms with E-state index >= 15 is 0 Å². The van der Waals surface area contributed by atoms with Crippen molar-refractivity contribution in [2.45, 2.75) is 55.4 Å². The number of hydrogen-bond donors (Lipinski definition) is 2. The fraction of sp³-hybridized carbons (Fsp3) is 0.700. The zero-order valence-electron chi connectivity index (χ0n) is 18.8. The molecule has 2 atom stereocenters. The number of aliphatic hydroxyl groups excluding tert-OH is 1. The molecule has 0 bridgehead atoms. The summed E-state index contributed by atoms with van der Waals surface area (Å²) in [6, 6.07) is 0. The molecule has 13 heteroatoms. The number of aliphatic hydroxyl groups is 1. The van der Waals surface area contributed by atoms with Crippen molar-refractivity contribution in [3.63, 3.8) is 0 Å². The summed E-state index contributed by atoms with van der Waals surface area (Å²) in [4.78, 5) is 8.23. The van der Waals surface area contributed by atoms with Gasteiger partial charge in [0, 0.05) is 39.1 Å². The highest BCUT2D eigenvalue weighted by Gasteiger charge is 2.50. The highest BCUT2D eigenvalue weighted by atomic mass is 35.5. The Kier molecular flexibility index (Phi) is 6.92. The minimum Gasteiger partial charge on any atom is -0.396 e. The number of aromatic nitrogens is 5. The van der Waals surface area contributed by atoms with Gasteiger partial charge in [0.05, 0.1) is 17.2 Å². The molecule has 2 saturated carbocycles. The lowest BCUT2D eigenvalue weighted by molar-refractivity contribution is 0.0950. The van der Waals surface area contributed by atoms with E-state index in [1.54, 1.807) is 7.11 Å². The number of hydrogen-bond acceptors (Lipinski definition) is 9. The Balaban J connectivity index is 1.62. The molecule has 4 rings (SSSR count).